The number of aryl methyl sites for hydroxylation is 1. The minimum atomic E-state index is -3.61. The highest BCUT2D eigenvalue weighted by Crippen LogP contribution is 2.31. The Kier molecular flexibility index (Phi) is 7.49. The number of nitriles is 2. The monoisotopic (exact) mass is 465 g/mol. The summed E-state index contributed by atoms with van der Waals surface area (Å²) in [4.78, 5) is 13.0. The largest absolute Gasteiger partial charge is 0.493 e. The van der Waals surface area contributed by atoms with Gasteiger partial charge in [-0.05, 0) is 55.7 Å². The fourth-order valence-electron chi connectivity index (χ4n) is 3.50. The van der Waals surface area contributed by atoms with Gasteiger partial charge in [-0.15, -0.1) is 0 Å². The second-order valence-corrected chi connectivity index (χ2v) is 9.54. The van der Waals surface area contributed by atoms with Crippen LogP contribution in [0, 0.1) is 35.5 Å². The maximum absolute atomic E-state index is 12.8. The quantitative estimate of drug-likeness (QED) is 0.364. The van der Waals surface area contributed by atoms with Gasteiger partial charge in [0, 0.05) is 13.1 Å². The molecule has 0 aliphatic carbocycles. The molecular weight excluding hydrogens is 442 g/mol. The van der Waals surface area contributed by atoms with E-state index in [9.17, 15) is 13.2 Å². The van der Waals surface area contributed by atoms with E-state index >= 15 is 0 Å². The number of piperidine rings is 1. The highest BCUT2D eigenvalue weighted by Gasteiger charge is 2.33. The molecule has 0 spiro atoms. The standard InChI is InChI=1S/C24H23N3O5S/c1-17-3-6-21(7-4-17)33(29,30)27-11-9-20(10-12-27)24(28)32-22-8-5-18(14-23(22)31-2)13-19(15-25)16-26/h3-8,13-14,20H,9-12H2,1-2H3. The van der Waals surface area contributed by atoms with Gasteiger partial charge < -0.3 is 9.47 Å². The van der Waals surface area contributed by atoms with Crippen LogP contribution in [0.1, 0.15) is 24.0 Å². The molecule has 0 amide bonds. The van der Waals surface area contributed by atoms with Crippen LogP contribution in [-0.2, 0) is 14.8 Å². The first-order chi connectivity index (χ1) is 15.8. The number of ether oxygens (including phenoxy) is 2. The predicted octanol–water partition coefficient (Wildman–Crippen LogP) is 3.44. The number of nitrogens with zero attached hydrogens (tertiary/aromatic N) is 3. The van der Waals surface area contributed by atoms with Gasteiger partial charge >= 0.3 is 5.97 Å². The van der Waals surface area contributed by atoms with Gasteiger partial charge in [0.05, 0.1) is 17.9 Å². The van der Waals surface area contributed by atoms with Crippen LogP contribution in [0.5, 0.6) is 11.5 Å². The molecule has 2 aromatic carbocycles. The van der Waals surface area contributed by atoms with Crippen LogP contribution in [0.3, 0.4) is 0 Å². The lowest BCUT2D eigenvalue weighted by Crippen LogP contribution is -2.41. The molecule has 0 atom stereocenters. The van der Waals surface area contributed by atoms with Crippen molar-refractivity contribution < 1.29 is 22.7 Å². The molecule has 2 aromatic rings. The molecule has 1 saturated heterocycles. The molecule has 3 rings (SSSR count). The van der Waals surface area contributed by atoms with Crippen LogP contribution in [-0.4, -0.2) is 38.9 Å². The van der Waals surface area contributed by atoms with E-state index in [2.05, 4.69) is 0 Å². The van der Waals surface area contributed by atoms with Gasteiger partial charge in [0.25, 0.3) is 0 Å². The van der Waals surface area contributed by atoms with Gasteiger partial charge in [0.2, 0.25) is 10.0 Å². The number of sulfonamides is 1. The highest BCUT2D eigenvalue weighted by molar-refractivity contribution is 7.89. The van der Waals surface area contributed by atoms with E-state index < -0.39 is 21.9 Å². The van der Waals surface area contributed by atoms with Crippen molar-refractivity contribution in [3.63, 3.8) is 0 Å². The Morgan fingerprint density at radius 1 is 1.06 bits per heavy atom. The second kappa shape index (κ2) is 10.3. The van der Waals surface area contributed by atoms with Crippen LogP contribution in [0.25, 0.3) is 6.08 Å². The molecular formula is C24H23N3O5S. The van der Waals surface area contributed by atoms with Crippen molar-refractivity contribution in [3.8, 4) is 23.6 Å². The summed E-state index contributed by atoms with van der Waals surface area (Å²) in [5, 5.41) is 17.8. The summed E-state index contributed by atoms with van der Waals surface area (Å²) in [5.41, 5.74) is 1.47. The Bertz CT molecular complexity index is 1230. The first-order valence-electron chi connectivity index (χ1n) is 10.3. The predicted molar refractivity (Wildman–Crippen MR) is 120 cm³/mol. The lowest BCUT2D eigenvalue weighted by molar-refractivity contribution is -0.140. The van der Waals surface area contributed by atoms with Gasteiger partial charge in [-0.3, -0.25) is 4.79 Å². The van der Waals surface area contributed by atoms with Crippen molar-refractivity contribution in [1.82, 2.24) is 4.31 Å². The fraction of sp³-hybridized carbons (Fsp3) is 0.292. The van der Waals surface area contributed by atoms with Crippen molar-refractivity contribution in [2.45, 2.75) is 24.7 Å². The summed E-state index contributed by atoms with van der Waals surface area (Å²) in [6.45, 7) is 2.34. The van der Waals surface area contributed by atoms with Crippen LogP contribution in [0.4, 0.5) is 0 Å². The average molecular weight is 466 g/mol. The van der Waals surface area contributed by atoms with E-state index in [0.29, 0.717) is 18.4 Å². The minimum absolute atomic E-state index is 0.0610. The van der Waals surface area contributed by atoms with Crippen molar-refractivity contribution in [2.24, 2.45) is 5.92 Å². The molecule has 0 unspecified atom stereocenters. The van der Waals surface area contributed by atoms with Crippen LogP contribution >= 0.6 is 0 Å². The van der Waals surface area contributed by atoms with Crippen molar-refractivity contribution in [1.29, 1.82) is 10.5 Å². The van der Waals surface area contributed by atoms with Crippen LogP contribution in [0.15, 0.2) is 52.9 Å². The summed E-state index contributed by atoms with van der Waals surface area (Å²) >= 11 is 0. The van der Waals surface area contributed by atoms with Gasteiger partial charge in [-0.1, -0.05) is 23.8 Å². The Morgan fingerprint density at radius 2 is 1.70 bits per heavy atom. The number of allylic oxidation sites excluding steroid dienone is 1. The zero-order valence-electron chi connectivity index (χ0n) is 18.3. The number of rotatable bonds is 6. The Morgan fingerprint density at radius 3 is 2.27 bits per heavy atom. The summed E-state index contributed by atoms with van der Waals surface area (Å²) in [5.74, 6) is -0.405. The number of methoxy groups -OCH3 is 1. The normalized spacial score (nSPS) is 14.5. The van der Waals surface area contributed by atoms with Crippen LogP contribution < -0.4 is 9.47 Å². The lowest BCUT2D eigenvalue weighted by Gasteiger charge is -2.30. The van der Waals surface area contributed by atoms with Crippen LogP contribution in [0.2, 0.25) is 0 Å². The topological polar surface area (TPSA) is 120 Å². The molecule has 1 fully saturated rings. The molecule has 1 aliphatic rings. The molecule has 9 heteroatoms. The molecule has 1 aliphatic heterocycles. The summed E-state index contributed by atoms with van der Waals surface area (Å²) < 4.78 is 37.9. The molecule has 0 saturated carbocycles. The number of carbonyl (C=O) groups excluding carboxylic acids is 1. The summed E-state index contributed by atoms with van der Waals surface area (Å²) in [7, 11) is -2.19. The third-order valence-corrected chi connectivity index (χ3v) is 7.31. The van der Waals surface area contributed by atoms with Crippen molar-refractivity contribution in [2.75, 3.05) is 20.2 Å². The van der Waals surface area contributed by atoms with E-state index in [1.807, 2.05) is 6.92 Å². The molecule has 33 heavy (non-hydrogen) atoms. The van der Waals surface area contributed by atoms with E-state index in [0.717, 1.165) is 5.56 Å². The maximum Gasteiger partial charge on any atom is 0.314 e. The first kappa shape index (κ1) is 24.0. The fourth-order valence-corrected chi connectivity index (χ4v) is 4.97. The van der Waals surface area contributed by atoms with E-state index in [1.54, 1.807) is 48.5 Å². The smallest absolute Gasteiger partial charge is 0.314 e. The Hall–Kier alpha value is -3.66. The third-order valence-electron chi connectivity index (χ3n) is 5.40. The van der Waals surface area contributed by atoms with Gasteiger partial charge in [-0.2, -0.15) is 14.8 Å². The molecule has 0 N–H and O–H groups in total. The second-order valence-electron chi connectivity index (χ2n) is 7.60. The van der Waals surface area contributed by atoms with Crippen molar-refractivity contribution in [3.05, 3.63) is 59.2 Å². The molecule has 1 heterocycles. The third kappa shape index (κ3) is 5.58. The summed E-state index contributed by atoms with van der Waals surface area (Å²) in [6, 6.07) is 15.0. The Balaban J connectivity index is 1.66. The van der Waals surface area contributed by atoms with Gasteiger partial charge in [0.1, 0.15) is 17.7 Å². The van der Waals surface area contributed by atoms with E-state index in [-0.39, 0.29) is 35.1 Å². The van der Waals surface area contributed by atoms with Gasteiger partial charge in [-0.25, -0.2) is 8.42 Å². The Labute approximate surface area is 193 Å². The average Bonchev–Trinajstić information content (AvgIpc) is 2.83. The molecule has 170 valence electrons. The minimum Gasteiger partial charge on any atom is -0.493 e. The molecule has 0 radical (unpaired) electrons. The number of benzene rings is 2. The highest BCUT2D eigenvalue weighted by atomic mass is 32.2. The summed E-state index contributed by atoms with van der Waals surface area (Å²) in [6.07, 6.45) is 2.10. The molecule has 8 nitrogen and oxygen atoms in total. The molecule has 0 bridgehead atoms. The number of carbonyl (C=O) groups is 1. The number of hydrogen-bond acceptors (Lipinski definition) is 7. The zero-order valence-corrected chi connectivity index (χ0v) is 19.1. The maximum atomic E-state index is 12.8. The van der Waals surface area contributed by atoms with Crippen molar-refractivity contribution >= 4 is 22.1 Å². The lowest BCUT2D eigenvalue weighted by atomic mass is 9.98. The van der Waals surface area contributed by atoms with Gasteiger partial charge in [0.15, 0.2) is 11.5 Å². The zero-order chi connectivity index (χ0) is 24.0. The number of esters is 1. The number of hydrogen-bond donors (Lipinski definition) is 0. The van der Waals surface area contributed by atoms with E-state index in [1.165, 1.54) is 23.6 Å². The first-order valence-corrected chi connectivity index (χ1v) is 11.7. The molecule has 0 aromatic heterocycles. The van der Waals surface area contributed by atoms with E-state index in [4.69, 9.17) is 20.0 Å². The SMILES string of the molecule is COc1cc(C=C(C#N)C#N)ccc1OC(=O)C1CCN(S(=O)(=O)c2ccc(C)cc2)CC1.